The molecule has 4 aliphatic heterocycles. The predicted molar refractivity (Wildman–Crippen MR) is 179 cm³/mol. The van der Waals surface area contributed by atoms with Crippen LogP contribution in [0.5, 0.6) is 6.01 Å². The highest BCUT2D eigenvalue weighted by Crippen LogP contribution is 2.49. The molecule has 4 aromatic rings. The number of hydrogen-bond acceptors (Lipinski definition) is 9. The van der Waals surface area contributed by atoms with E-state index in [1.54, 1.807) is 16.7 Å². The Bertz CT molecular complexity index is 2140. The maximum Gasteiger partial charge on any atom is 0.417 e. The summed E-state index contributed by atoms with van der Waals surface area (Å²) in [6.45, 7) is 3.50. The second-order valence-electron chi connectivity index (χ2n) is 13.8. The topological polar surface area (TPSA) is 112 Å². The molecule has 4 fully saturated rings. The van der Waals surface area contributed by atoms with Gasteiger partial charge < -0.3 is 20.3 Å². The molecule has 2 aromatic carbocycles. The number of anilines is 2. The third kappa shape index (κ3) is 5.25. The summed E-state index contributed by atoms with van der Waals surface area (Å²) in [6, 6.07) is 3.55. The van der Waals surface area contributed by atoms with Gasteiger partial charge in [0.1, 0.15) is 41.0 Å². The molecule has 8 rings (SSSR count). The molecule has 6 heterocycles. The van der Waals surface area contributed by atoms with E-state index in [-0.39, 0.29) is 87.9 Å². The van der Waals surface area contributed by atoms with Crippen molar-refractivity contribution < 1.29 is 35.9 Å². The number of carbonyl (C=O) groups is 1. The van der Waals surface area contributed by atoms with Crippen LogP contribution in [0.1, 0.15) is 56.6 Å². The van der Waals surface area contributed by atoms with Gasteiger partial charge in [-0.2, -0.15) is 28.4 Å². The van der Waals surface area contributed by atoms with E-state index in [0.29, 0.717) is 37.3 Å². The highest BCUT2D eigenvalue weighted by atomic mass is 32.1. The van der Waals surface area contributed by atoms with Crippen molar-refractivity contribution >= 4 is 49.1 Å². The zero-order valence-corrected chi connectivity index (χ0v) is 28.3. The molecule has 1 amide bonds. The number of nitrogen functional groups attached to an aromatic ring is 1. The molecule has 2 aromatic heterocycles. The van der Waals surface area contributed by atoms with Gasteiger partial charge >= 0.3 is 12.2 Å². The summed E-state index contributed by atoms with van der Waals surface area (Å²) < 4.78 is 98.0. The fraction of sp³-hybridized carbons (Fsp3) is 0.486. The van der Waals surface area contributed by atoms with Gasteiger partial charge in [-0.1, -0.05) is 6.07 Å². The van der Waals surface area contributed by atoms with E-state index < -0.39 is 52.2 Å². The second-order valence-corrected chi connectivity index (χ2v) is 14.9. The smallest absolute Gasteiger partial charge is 0.417 e. The Morgan fingerprint density at radius 3 is 2.76 bits per heavy atom. The first-order valence-electron chi connectivity index (χ1n) is 17.0. The third-order valence-corrected chi connectivity index (χ3v) is 12.1. The van der Waals surface area contributed by atoms with Gasteiger partial charge in [-0.3, -0.25) is 9.69 Å². The summed E-state index contributed by atoms with van der Waals surface area (Å²) in [4.78, 5) is 27.5. The molecule has 4 saturated heterocycles. The van der Waals surface area contributed by atoms with Gasteiger partial charge in [-0.05, 0) is 56.8 Å². The van der Waals surface area contributed by atoms with Crippen LogP contribution >= 0.6 is 11.3 Å². The number of thiophene rings is 1. The van der Waals surface area contributed by atoms with E-state index in [2.05, 4.69) is 9.97 Å². The lowest BCUT2D eigenvalue weighted by Gasteiger charge is -2.34. The van der Waals surface area contributed by atoms with Crippen molar-refractivity contribution in [1.29, 1.82) is 5.26 Å². The molecule has 0 spiro atoms. The Morgan fingerprint density at radius 2 is 2.02 bits per heavy atom. The molecule has 9 nitrogen and oxygen atoms in total. The normalized spacial score (nSPS) is 24.9. The number of likely N-dealkylation sites (N-methyl/N-ethyl adjacent to an activating group) is 1. The Balaban J connectivity index is 1.36. The van der Waals surface area contributed by atoms with Crippen molar-refractivity contribution in [2.24, 2.45) is 0 Å². The van der Waals surface area contributed by atoms with Crippen LogP contribution in [0.4, 0.5) is 37.2 Å². The molecular weight excluding hydrogens is 696 g/mol. The SMILES string of the molecule is CCN(c1nc(OCC23CCCN2CC(F)C3)nc2c(F)c(-c3ccc(F)c4sc(N)c(C#N)c34)c(C(F)(F)F)cc12)C1CC(=O)N2CCCC12. The maximum atomic E-state index is 17.2. The minimum Gasteiger partial charge on any atom is -0.461 e. The highest BCUT2D eigenvalue weighted by Gasteiger charge is 2.50. The van der Waals surface area contributed by atoms with Crippen LogP contribution < -0.4 is 15.4 Å². The van der Waals surface area contributed by atoms with Crippen LogP contribution in [0, 0.1) is 23.0 Å². The zero-order chi connectivity index (χ0) is 36.0. The van der Waals surface area contributed by atoms with Crippen molar-refractivity contribution in [2.75, 3.05) is 43.4 Å². The number of carbonyl (C=O) groups excluding carboxylic acids is 1. The van der Waals surface area contributed by atoms with Crippen molar-refractivity contribution in [3.8, 4) is 23.2 Å². The van der Waals surface area contributed by atoms with Crippen molar-refractivity contribution in [3.05, 3.63) is 41.0 Å². The number of nitrogens with zero attached hydrogens (tertiary/aromatic N) is 6. The Labute approximate surface area is 292 Å². The van der Waals surface area contributed by atoms with E-state index in [4.69, 9.17) is 10.5 Å². The summed E-state index contributed by atoms with van der Waals surface area (Å²) in [5.74, 6) is -2.31. The lowest BCUT2D eigenvalue weighted by atomic mass is 9.92. The first-order chi connectivity index (χ1) is 24.3. The fourth-order valence-electron chi connectivity index (χ4n) is 8.91. The third-order valence-electron chi connectivity index (χ3n) is 11.1. The number of aromatic nitrogens is 2. The molecule has 0 aliphatic carbocycles. The summed E-state index contributed by atoms with van der Waals surface area (Å²) in [5, 5.41) is 9.24. The summed E-state index contributed by atoms with van der Waals surface area (Å²) >= 11 is 0.683. The maximum absolute atomic E-state index is 17.2. The van der Waals surface area contributed by atoms with Crippen LogP contribution in [0.3, 0.4) is 0 Å². The summed E-state index contributed by atoms with van der Waals surface area (Å²) in [5.41, 5.74) is 1.91. The average Bonchev–Trinajstić information content (AvgIpc) is 3.89. The number of rotatable bonds is 7. The number of fused-ring (bicyclic) bond motifs is 4. The van der Waals surface area contributed by atoms with E-state index in [1.165, 1.54) is 0 Å². The van der Waals surface area contributed by atoms with Gasteiger partial charge in [0.25, 0.3) is 0 Å². The van der Waals surface area contributed by atoms with Crippen molar-refractivity contribution in [2.45, 2.75) is 75.4 Å². The number of nitrogens with two attached hydrogens (primary N) is 1. The molecule has 4 aliphatic rings. The van der Waals surface area contributed by atoms with Gasteiger partial charge in [-0.25, -0.2) is 13.2 Å². The fourth-order valence-corrected chi connectivity index (χ4v) is 9.86. The second kappa shape index (κ2) is 12.1. The van der Waals surface area contributed by atoms with Gasteiger partial charge in [0.15, 0.2) is 5.82 Å². The number of amides is 1. The number of hydrogen-bond donors (Lipinski definition) is 1. The molecule has 0 bridgehead atoms. The predicted octanol–water partition coefficient (Wildman–Crippen LogP) is 6.81. The number of ether oxygens (including phenoxy) is 1. The molecule has 4 unspecified atom stereocenters. The Kier molecular flexibility index (Phi) is 8.02. The number of alkyl halides is 4. The van der Waals surface area contributed by atoms with Gasteiger partial charge in [-0.15, -0.1) is 11.3 Å². The van der Waals surface area contributed by atoms with Crippen LogP contribution in [-0.4, -0.2) is 82.3 Å². The molecule has 16 heteroatoms. The molecule has 0 saturated carbocycles. The Hall–Kier alpha value is -4.36. The molecular formula is C35H33F6N7O2S. The molecule has 268 valence electrons. The first-order valence-corrected chi connectivity index (χ1v) is 17.8. The lowest BCUT2D eigenvalue weighted by molar-refractivity contribution is -0.137. The quantitative estimate of drug-likeness (QED) is 0.207. The molecule has 4 atom stereocenters. The van der Waals surface area contributed by atoms with E-state index >= 15 is 17.6 Å². The van der Waals surface area contributed by atoms with Crippen LogP contribution in [0.25, 0.3) is 32.1 Å². The standard InChI is InChI=1S/C35H33F6N7O2S/c1-2-47(24-12-25(49)48-10-3-5-23(24)48)32-19-11-21(35(39,40)41)27(18-6-7-22(37)30-26(18)20(14-42)31(43)51-30)28(38)29(19)44-33(45-32)50-16-34-8-4-9-46(34)15-17(36)13-34/h6-7,11,17,23-24H,2-5,8-10,12-13,15-16,43H2,1H3. The van der Waals surface area contributed by atoms with Gasteiger partial charge in [0, 0.05) is 48.8 Å². The highest BCUT2D eigenvalue weighted by molar-refractivity contribution is 7.23. The number of benzene rings is 2. The first kappa shape index (κ1) is 33.8. The summed E-state index contributed by atoms with van der Waals surface area (Å²) in [6.07, 6.45) is -2.87. The van der Waals surface area contributed by atoms with Crippen molar-refractivity contribution in [1.82, 2.24) is 19.8 Å². The Morgan fingerprint density at radius 1 is 1.22 bits per heavy atom. The van der Waals surface area contributed by atoms with Gasteiger partial charge in [0.2, 0.25) is 5.91 Å². The molecule has 0 radical (unpaired) electrons. The minimum atomic E-state index is -5.12. The van der Waals surface area contributed by atoms with Crippen LogP contribution in [-0.2, 0) is 11.0 Å². The molecule has 51 heavy (non-hydrogen) atoms. The van der Waals surface area contributed by atoms with Gasteiger partial charge in [0.05, 0.1) is 33.4 Å². The minimum absolute atomic E-state index is 0.0176. The lowest BCUT2D eigenvalue weighted by Crippen LogP contribution is -2.44. The average molecular weight is 730 g/mol. The van der Waals surface area contributed by atoms with E-state index in [9.17, 15) is 18.8 Å². The monoisotopic (exact) mass is 729 g/mol. The largest absolute Gasteiger partial charge is 0.461 e. The van der Waals surface area contributed by atoms with Crippen LogP contribution in [0.2, 0.25) is 0 Å². The van der Waals surface area contributed by atoms with E-state index in [1.807, 2.05) is 11.0 Å². The molecule has 2 N–H and O–H groups in total. The zero-order valence-electron chi connectivity index (χ0n) is 27.5. The number of halogens is 6. The van der Waals surface area contributed by atoms with E-state index in [0.717, 1.165) is 31.0 Å². The summed E-state index contributed by atoms with van der Waals surface area (Å²) in [7, 11) is 0. The van der Waals surface area contributed by atoms with Crippen LogP contribution in [0.15, 0.2) is 18.2 Å². The number of nitriles is 1. The van der Waals surface area contributed by atoms with Crippen molar-refractivity contribution in [3.63, 3.8) is 0 Å².